The van der Waals surface area contributed by atoms with E-state index in [4.69, 9.17) is 9.47 Å². The number of piperidine rings is 1. The topological polar surface area (TPSA) is 99.2 Å². The van der Waals surface area contributed by atoms with Gasteiger partial charge in [-0.05, 0) is 31.0 Å². The van der Waals surface area contributed by atoms with Gasteiger partial charge in [0, 0.05) is 37.4 Å². The quantitative estimate of drug-likeness (QED) is 0.724. The molecule has 0 radical (unpaired) electrons. The normalized spacial score (nSPS) is 23.7. The van der Waals surface area contributed by atoms with Crippen LogP contribution < -0.4 is 9.84 Å². The lowest BCUT2D eigenvalue weighted by atomic mass is 9.83. The number of methoxy groups -OCH3 is 1. The van der Waals surface area contributed by atoms with Gasteiger partial charge >= 0.3 is 0 Å². The molecule has 2 saturated heterocycles. The summed E-state index contributed by atoms with van der Waals surface area (Å²) in [6.07, 6.45) is 3.72. The molecule has 156 valence electrons. The number of ether oxygens (including phenoxy) is 2. The van der Waals surface area contributed by atoms with Crippen molar-refractivity contribution in [3.8, 4) is 5.75 Å². The molecule has 1 saturated carbocycles. The number of carbonyl (C=O) groups is 3. The first-order chi connectivity index (χ1) is 13.9. The predicted molar refractivity (Wildman–Crippen MR) is 99.8 cm³/mol. The third-order valence-corrected chi connectivity index (χ3v) is 6.38. The Morgan fingerprint density at radius 3 is 2.52 bits per heavy atom. The van der Waals surface area contributed by atoms with E-state index in [0.29, 0.717) is 37.2 Å². The highest BCUT2D eigenvalue weighted by atomic mass is 16.5. The van der Waals surface area contributed by atoms with Gasteiger partial charge in [0.2, 0.25) is 5.91 Å². The van der Waals surface area contributed by atoms with Crippen LogP contribution in [0.2, 0.25) is 0 Å². The largest absolute Gasteiger partial charge is 0.548 e. The highest BCUT2D eigenvalue weighted by Gasteiger charge is 2.52. The monoisotopic (exact) mass is 401 g/mol. The molecule has 2 aliphatic heterocycles. The second-order valence-corrected chi connectivity index (χ2v) is 7.95. The standard InChI is InChI=1S/C21H26N2O6/c1-28-16-7-3-6-15(12-16)19(25)23-17(20(26)27)13-29-21(23)8-10-22(11-9-21)18(24)14-4-2-5-14/h3,6-7,12,14,17H,2,4-5,8-11,13H2,1H3,(H,26,27)/p-1/t17-/m0/s1. The van der Waals surface area contributed by atoms with E-state index in [9.17, 15) is 19.5 Å². The van der Waals surface area contributed by atoms with Crippen molar-refractivity contribution in [1.29, 1.82) is 0 Å². The number of carbonyl (C=O) groups excluding carboxylic acids is 3. The Morgan fingerprint density at radius 1 is 1.21 bits per heavy atom. The SMILES string of the molecule is COc1cccc(C(=O)N2[C@H](C(=O)[O-])COC23CCN(C(=O)C2CCC2)CC3)c1. The third kappa shape index (κ3) is 3.46. The molecule has 8 heteroatoms. The van der Waals surface area contributed by atoms with Crippen LogP contribution in [0.1, 0.15) is 42.5 Å². The average molecular weight is 401 g/mol. The van der Waals surface area contributed by atoms with Gasteiger partial charge in [-0.3, -0.25) is 14.5 Å². The Bertz CT molecular complexity index is 813. The predicted octanol–water partition coefficient (Wildman–Crippen LogP) is 0.405. The van der Waals surface area contributed by atoms with Gasteiger partial charge < -0.3 is 24.3 Å². The molecule has 0 N–H and O–H groups in total. The van der Waals surface area contributed by atoms with E-state index in [2.05, 4.69) is 0 Å². The minimum atomic E-state index is -1.34. The maximum atomic E-state index is 13.3. The molecular formula is C21H25N2O6-. The van der Waals surface area contributed by atoms with Crippen molar-refractivity contribution in [2.75, 3.05) is 26.8 Å². The second-order valence-electron chi connectivity index (χ2n) is 7.95. The fraction of sp³-hybridized carbons (Fsp3) is 0.571. The maximum Gasteiger partial charge on any atom is 0.256 e. The summed E-state index contributed by atoms with van der Waals surface area (Å²) in [5.41, 5.74) is -0.713. The van der Waals surface area contributed by atoms with Crippen LogP contribution in [0.4, 0.5) is 0 Å². The average Bonchev–Trinajstić information content (AvgIpc) is 3.05. The molecule has 0 bridgehead atoms. The lowest BCUT2D eigenvalue weighted by Gasteiger charge is -2.46. The molecule has 1 atom stereocenters. The molecule has 1 aromatic rings. The van der Waals surface area contributed by atoms with E-state index in [1.165, 1.54) is 12.0 Å². The smallest absolute Gasteiger partial charge is 0.256 e. The van der Waals surface area contributed by atoms with Crippen LogP contribution in [0.15, 0.2) is 24.3 Å². The number of hydrogen-bond acceptors (Lipinski definition) is 6. The highest BCUT2D eigenvalue weighted by Crippen LogP contribution is 2.39. The van der Waals surface area contributed by atoms with E-state index in [1.54, 1.807) is 24.3 Å². The van der Waals surface area contributed by atoms with Gasteiger partial charge in [0.05, 0.1) is 25.7 Å². The molecule has 8 nitrogen and oxygen atoms in total. The molecule has 29 heavy (non-hydrogen) atoms. The molecule has 2 heterocycles. The van der Waals surface area contributed by atoms with Gasteiger partial charge in [0.25, 0.3) is 5.91 Å². The zero-order valence-corrected chi connectivity index (χ0v) is 16.5. The highest BCUT2D eigenvalue weighted by molar-refractivity contribution is 5.97. The summed E-state index contributed by atoms with van der Waals surface area (Å²) in [6.45, 7) is 0.766. The number of likely N-dealkylation sites (tertiary alicyclic amines) is 1. The summed E-state index contributed by atoms with van der Waals surface area (Å²) >= 11 is 0. The first-order valence-electron chi connectivity index (χ1n) is 10.1. The minimum absolute atomic E-state index is 0.110. The molecule has 1 spiro atoms. The van der Waals surface area contributed by atoms with Crippen LogP contribution >= 0.6 is 0 Å². The van der Waals surface area contributed by atoms with Gasteiger partial charge in [-0.1, -0.05) is 12.5 Å². The summed E-state index contributed by atoms with van der Waals surface area (Å²) in [7, 11) is 1.50. The Morgan fingerprint density at radius 2 is 1.93 bits per heavy atom. The van der Waals surface area contributed by atoms with E-state index < -0.39 is 23.6 Å². The van der Waals surface area contributed by atoms with Crippen LogP contribution in [0.5, 0.6) is 5.75 Å². The number of aliphatic carboxylic acids is 1. The molecule has 0 aromatic heterocycles. The Balaban J connectivity index is 1.56. The molecular weight excluding hydrogens is 376 g/mol. The number of carboxylic acids is 1. The minimum Gasteiger partial charge on any atom is -0.548 e. The van der Waals surface area contributed by atoms with E-state index in [-0.39, 0.29) is 18.4 Å². The second kappa shape index (κ2) is 7.67. The van der Waals surface area contributed by atoms with Crippen molar-refractivity contribution in [2.24, 2.45) is 5.92 Å². The molecule has 1 aromatic carbocycles. The van der Waals surface area contributed by atoms with Crippen molar-refractivity contribution in [3.05, 3.63) is 29.8 Å². The number of benzene rings is 1. The number of nitrogens with zero attached hydrogens (tertiary/aromatic N) is 2. The van der Waals surface area contributed by atoms with Crippen molar-refractivity contribution in [1.82, 2.24) is 9.80 Å². The number of amides is 2. The molecule has 1 aliphatic carbocycles. The van der Waals surface area contributed by atoms with Crippen molar-refractivity contribution >= 4 is 17.8 Å². The van der Waals surface area contributed by atoms with Crippen molar-refractivity contribution in [3.63, 3.8) is 0 Å². The Kier molecular flexibility index (Phi) is 5.21. The van der Waals surface area contributed by atoms with Crippen LogP contribution in [0.3, 0.4) is 0 Å². The number of carboxylic acid groups (broad SMARTS) is 1. The van der Waals surface area contributed by atoms with Crippen molar-refractivity contribution < 1.29 is 29.0 Å². The Hall–Kier alpha value is -2.61. The van der Waals surface area contributed by atoms with E-state index in [1.807, 2.05) is 4.90 Å². The summed E-state index contributed by atoms with van der Waals surface area (Å²) in [4.78, 5) is 40.7. The zero-order chi connectivity index (χ0) is 20.6. The molecule has 3 aliphatic rings. The summed E-state index contributed by atoms with van der Waals surface area (Å²) < 4.78 is 11.1. The number of hydrogen-bond donors (Lipinski definition) is 0. The van der Waals surface area contributed by atoms with Gasteiger partial charge in [0.15, 0.2) is 0 Å². The first kappa shape index (κ1) is 19.7. The van der Waals surface area contributed by atoms with Gasteiger partial charge in [-0.15, -0.1) is 0 Å². The number of rotatable bonds is 4. The molecule has 4 rings (SSSR count). The van der Waals surface area contributed by atoms with E-state index >= 15 is 0 Å². The van der Waals surface area contributed by atoms with Crippen molar-refractivity contribution in [2.45, 2.75) is 43.9 Å². The summed E-state index contributed by atoms with van der Waals surface area (Å²) in [5.74, 6) is -0.998. The maximum absolute atomic E-state index is 13.3. The van der Waals surface area contributed by atoms with Gasteiger partial charge in [0.1, 0.15) is 11.5 Å². The molecule has 0 unspecified atom stereocenters. The van der Waals surface area contributed by atoms with Crippen LogP contribution in [0, 0.1) is 5.92 Å². The lowest BCUT2D eigenvalue weighted by molar-refractivity contribution is -0.310. The van der Waals surface area contributed by atoms with Gasteiger partial charge in [-0.2, -0.15) is 0 Å². The van der Waals surface area contributed by atoms with E-state index in [0.717, 1.165) is 19.3 Å². The fourth-order valence-corrected chi connectivity index (χ4v) is 4.43. The summed E-state index contributed by atoms with van der Waals surface area (Å²) in [6, 6.07) is 5.44. The third-order valence-electron chi connectivity index (χ3n) is 6.38. The van der Waals surface area contributed by atoms with Crippen LogP contribution in [0.25, 0.3) is 0 Å². The molecule has 3 fully saturated rings. The summed E-state index contributed by atoms with van der Waals surface area (Å²) in [5, 5.41) is 11.7. The zero-order valence-electron chi connectivity index (χ0n) is 16.5. The fourth-order valence-electron chi connectivity index (χ4n) is 4.43. The van der Waals surface area contributed by atoms with Crippen LogP contribution in [-0.2, 0) is 14.3 Å². The van der Waals surface area contributed by atoms with Gasteiger partial charge in [-0.25, -0.2) is 0 Å². The molecule has 2 amide bonds. The lowest BCUT2D eigenvalue weighted by Crippen LogP contribution is -2.60. The Labute approximate surface area is 169 Å². The van der Waals surface area contributed by atoms with Crippen LogP contribution in [-0.4, -0.2) is 66.2 Å². The first-order valence-corrected chi connectivity index (χ1v) is 10.1.